The molecule has 0 fully saturated rings. The number of aliphatic hydroxyl groups is 1. The highest BCUT2D eigenvalue weighted by Gasteiger charge is 2.12. The summed E-state index contributed by atoms with van der Waals surface area (Å²) in [6.45, 7) is -0.141. The van der Waals surface area contributed by atoms with Crippen LogP contribution in [-0.2, 0) is 0 Å². The number of para-hydroxylation sites is 1. The zero-order valence-corrected chi connectivity index (χ0v) is 12.3. The predicted octanol–water partition coefficient (Wildman–Crippen LogP) is 2.72. The van der Waals surface area contributed by atoms with Crippen LogP contribution in [0.5, 0.6) is 0 Å². The molecule has 0 bridgehead atoms. The highest BCUT2D eigenvalue weighted by Crippen LogP contribution is 2.19. The molecule has 0 aliphatic rings. The maximum atomic E-state index is 12.0. The molecule has 0 radical (unpaired) electrons. The summed E-state index contributed by atoms with van der Waals surface area (Å²) in [5, 5.41) is 13.8. The van der Waals surface area contributed by atoms with Crippen molar-refractivity contribution in [3.63, 3.8) is 0 Å². The largest absolute Gasteiger partial charge is 0.394 e. The van der Waals surface area contributed by atoms with Crippen molar-refractivity contribution in [1.82, 2.24) is 9.97 Å². The number of aromatic amines is 1. The summed E-state index contributed by atoms with van der Waals surface area (Å²) in [6, 6.07) is 13.8. The third-order valence-electron chi connectivity index (χ3n) is 3.38. The Bertz CT molecular complexity index is 846. The third-order valence-corrected chi connectivity index (χ3v) is 3.63. The van der Waals surface area contributed by atoms with Gasteiger partial charge in [-0.3, -0.25) is 9.78 Å². The first-order valence-electron chi connectivity index (χ1n) is 6.79. The minimum atomic E-state index is -0.387. The summed E-state index contributed by atoms with van der Waals surface area (Å²) < 4.78 is 0. The average molecular weight is 316 g/mol. The van der Waals surface area contributed by atoms with E-state index in [1.165, 1.54) is 0 Å². The summed E-state index contributed by atoms with van der Waals surface area (Å²) in [5.41, 5.74) is 1.23. The van der Waals surface area contributed by atoms with Gasteiger partial charge in [-0.15, -0.1) is 0 Å². The summed E-state index contributed by atoms with van der Waals surface area (Å²) >= 11 is 5.86. The summed E-state index contributed by atoms with van der Waals surface area (Å²) in [4.78, 5) is 19.1. The van der Waals surface area contributed by atoms with Crippen LogP contribution >= 0.6 is 11.6 Å². The highest BCUT2D eigenvalue weighted by atomic mass is 35.5. The lowest BCUT2D eigenvalue weighted by molar-refractivity contribution is 0.276. The van der Waals surface area contributed by atoms with Crippen LogP contribution in [0.2, 0.25) is 5.02 Å². The van der Waals surface area contributed by atoms with Gasteiger partial charge in [0.2, 0.25) is 5.95 Å². The Morgan fingerprint density at radius 3 is 2.64 bits per heavy atom. The normalized spacial score (nSPS) is 12.3. The van der Waals surface area contributed by atoms with E-state index in [0.29, 0.717) is 21.9 Å². The number of nitrogens with one attached hydrogen (secondary N) is 2. The number of hydrogen-bond donors (Lipinski definition) is 3. The average Bonchev–Trinajstić information content (AvgIpc) is 2.54. The number of rotatable bonds is 4. The first kappa shape index (κ1) is 14.6. The molecule has 1 heterocycles. The molecule has 0 aliphatic heterocycles. The Kier molecular flexibility index (Phi) is 4.09. The van der Waals surface area contributed by atoms with Gasteiger partial charge in [-0.2, -0.15) is 0 Å². The Labute approximate surface area is 131 Å². The fraction of sp³-hybridized carbons (Fsp3) is 0.125. The zero-order chi connectivity index (χ0) is 15.5. The van der Waals surface area contributed by atoms with Crippen LogP contribution < -0.4 is 10.9 Å². The maximum Gasteiger partial charge on any atom is 0.260 e. The molecule has 112 valence electrons. The van der Waals surface area contributed by atoms with Gasteiger partial charge >= 0.3 is 0 Å². The molecular weight excluding hydrogens is 302 g/mol. The molecule has 6 heteroatoms. The van der Waals surface area contributed by atoms with Crippen molar-refractivity contribution in [1.29, 1.82) is 0 Å². The van der Waals surface area contributed by atoms with Crippen LogP contribution in [0.3, 0.4) is 0 Å². The molecule has 3 rings (SSSR count). The van der Waals surface area contributed by atoms with Gasteiger partial charge in [0.25, 0.3) is 5.56 Å². The number of anilines is 1. The number of fused-ring (bicyclic) bond motifs is 1. The topological polar surface area (TPSA) is 78.0 Å². The first-order valence-corrected chi connectivity index (χ1v) is 7.17. The molecule has 0 saturated carbocycles. The first-order chi connectivity index (χ1) is 10.7. The third kappa shape index (κ3) is 2.95. The zero-order valence-electron chi connectivity index (χ0n) is 11.6. The predicted molar refractivity (Wildman–Crippen MR) is 87.3 cm³/mol. The van der Waals surface area contributed by atoms with Gasteiger partial charge in [0, 0.05) is 5.02 Å². The molecule has 2 aromatic carbocycles. The Morgan fingerprint density at radius 2 is 1.91 bits per heavy atom. The maximum absolute atomic E-state index is 12.0. The van der Waals surface area contributed by atoms with Crippen LogP contribution in [-0.4, -0.2) is 21.7 Å². The van der Waals surface area contributed by atoms with Crippen molar-refractivity contribution in [2.45, 2.75) is 6.04 Å². The van der Waals surface area contributed by atoms with Crippen LogP contribution in [0.15, 0.2) is 53.3 Å². The van der Waals surface area contributed by atoms with Gasteiger partial charge in [0.15, 0.2) is 0 Å². The van der Waals surface area contributed by atoms with E-state index in [4.69, 9.17) is 11.6 Å². The van der Waals surface area contributed by atoms with Crippen LogP contribution in [0, 0.1) is 0 Å². The number of H-pyrrole nitrogens is 1. The van der Waals surface area contributed by atoms with E-state index in [0.717, 1.165) is 5.56 Å². The second-order valence-electron chi connectivity index (χ2n) is 4.86. The minimum Gasteiger partial charge on any atom is -0.394 e. The van der Waals surface area contributed by atoms with Crippen molar-refractivity contribution in [2.75, 3.05) is 11.9 Å². The standard InChI is InChI=1S/C16H14ClN3O2/c17-11-7-5-10(6-8-11)14(9-21)19-16-18-13-4-2-1-3-12(13)15(22)20-16/h1-8,14,21H,9H2,(H2,18,19,20,22). The van der Waals surface area contributed by atoms with E-state index >= 15 is 0 Å². The number of aliphatic hydroxyl groups excluding tert-OH is 1. The van der Waals surface area contributed by atoms with Gasteiger partial charge in [0.05, 0.1) is 23.6 Å². The number of nitrogens with zero attached hydrogens (tertiary/aromatic N) is 1. The smallest absolute Gasteiger partial charge is 0.260 e. The molecule has 1 unspecified atom stereocenters. The van der Waals surface area contributed by atoms with Crippen LogP contribution in [0.25, 0.3) is 10.9 Å². The van der Waals surface area contributed by atoms with Gasteiger partial charge < -0.3 is 10.4 Å². The van der Waals surface area contributed by atoms with E-state index < -0.39 is 0 Å². The van der Waals surface area contributed by atoms with E-state index in [-0.39, 0.29) is 18.2 Å². The molecular formula is C16H14ClN3O2. The SMILES string of the molecule is O=c1[nH]c(NC(CO)c2ccc(Cl)cc2)nc2ccccc12. The number of hydrogen-bond acceptors (Lipinski definition) is 4. The molecule has 3 N–H and O–H groups in total. The van der Waals surface area contributed by atoms with Crippen molar-refractivity contribution in [3.05, 3.63) is 69.5 Å². The lowest BCUT2D eigenvalue weighted by atomic mass is 10.1. The number of benzene rings is 2. The van der Waals surface area contributed by atoms with E-state index in [2.05, 4.69) is 15.3 Å². The van der Waals surface area contributed by atoms with Gasteiger partial charge in [-0.05, 0) is 29.8 Å². The molecule has 3 aromatic rings. The molecule has 0 saturated heterocycles. The molecule has 0 spiro atoms. The number of aromatic nitrogens is 2. The van der Waals surface area contributed by atoms with E-state index in [1.807, 2.05) is 18.2 Å². The monoisotopic (exact) mass is 315 g/mol. The summed E-state index contributed by atoms with van der Waals surface area (Å²) in [5.74, 6) is 0.317. The van der Waals surface area contributed by atoms with Gasteiger partial charge in [-0.25, -0.2) is 4.98 Å². The minimum absolute atomic E-state index is 0.141. The summed E-state index contributed by atoms with van der Waals surface area (Å²) in [6.07, 6.45) is 0. The number of halogens is 1. The van der Waals surface area contributed by atoms with E-state index in [9.17, 15) is 9.90 Å². The molecule has 0 aliphatic carbocycles. The Hall–Kier alpha value is -2.37. The highest BCUT2D eigenvalue weighted by molar-refractivity contribution is 6.30. The fourth-order valence-electron chi connectivity index (χ4n) is 2.25. The van der Waals surface area contributed by atoms with Gasteiger partial charge in [-0.1, -0.05) is 35.9 Å². The second-order valence-corrected chi connectivity index (χ2v) is 5.30. The lowest BCUT2D eigenvalue weighted by Gasteiger charge is -2.17. The molecule has 0 amide bonds. The van der Waals surface area contributed by atoms with Gasteiger partial charge in [0.1, 0.15) is 0 Å². The van der Waals surface area contributed by atoms with Crippen molar-refractivity contribution < 1.29 is 5.11 Å². The fourth-order valence-corrected chi connectivity index (χ4v) is 2.38. The Balaban J connectivity index is 1.93. The van der Waals surface area contributed by atoms with Crippen molar-refractivity contribution in [3.8, 4) is 0 Å². The summed E-state index contributed by atoms with van der Waals surface area (Å²) in [7, 11) is 0. The Morgan fingerprint density at radius 1 is 1.18 bits per heavy atom. The van der Waals surface area contributed by atoms with Crippen molar-refractivity contribution in [2.24, 2.45) is 0 Å². The van der Waals surface area contributed by atoms with Crippen molar-refractivity contribution >= 4 is 28.5 Å². The molecule has 1 aromatic heterocycles. The molecule has 5 nitrogen and oxygen atoms in total. The molecule has 22 heavy (non-hydrogen) atoms. The quantitative estimate of drug-likeness (QED) is 0.692. The van der Waals surface area contributed by atoms with E-state index in [1.54, 1.807) is 30.3 Å². The van der Waals surface area contributed by atoms with Crippen LogP contribution in [0.1, 0.15) is 11.6 Å². The molecule has 1 atom stereocenters. The lowest BCUT2D eigenvalue weighted by Crippen LogP contribution is -2.19. The second kappa shape index (κ2) is 6.17. The van der Waals surface area contributed by atoms with Crippen LogP contribution in [0.4, 0.5) is 5.95 Å².